The number of halogens is 1. The average molecular weight is 448 g/mol. The lowest BCUT2D eigenvalue weighted by molar-refractivity contribution is -0.387. The normalized spacial score (nSPS) is 10.7. The molecule has 4 aromatic rings. The molecule has 32 heavy (non-hydrogen) atoms. The molecule has 9 heteroatoms. The molecule has 0 fully saturated rings. The van der Waals surface area contributed by atoms with Crippen LogP contribution < -0.4 is 5.32 Å². The molecule has 0 aliphatic heterocycles. The van der Waals surface area contributed by atoms with Crippen molar-refractivity contribution in [3.8, 4) is 22.5 Å². The molecule has 1 heterocycles. The van der Waals surface area contributed by atoms with E-state index < -0.39 is 22.3 Å². The minimum absolute atomic E-state index is 0.0150. The lowest BCUT2D eigenvalue weighted by Gasteiger charge is -2.04. The number of nitrogens with one attached hydrogen (secondary N) is 2. The van der Waals surface area contributed by atoms with Crippen LogP contribution in [0.4, 0.5) is 15.8 Å². The number of carbonyl (C=O) groups excluding carboxylic acids is 1. The predicted octanol–water partition coefficient (Wildman–Crippen LogP) is 5.52. The summed E-state index contributed by atoms with van der Waals surface area (Å²) >= 11 is 1.20. The number of hydrogen-bond acceptors (Lipinski definition) is 5. The molecule has 0 aliphatic rings. The van der Waals surface area contributed by atoms with Gasteiger partial charge in [0.1, 0.15) is 0 Å². The highest BCUT2D eigenvalue weighted by Crippen LogP contribution is 2.32. The van der Waals surface area contributed by atoms with E-state index in [1.165, 1.54) is 17.8 Å². The molecule has 2 N–H and O–H groups in total. The number of nitrogens with zero attached hydrogens (tertiary/aromatic N) is 2. The quantitative estimate of drug-likeness (QED) is 0.220. The Balaban J connectivity index is 1.51. The Kier molecular flexibility index (Phi) is 6.27. The summed E-state index contributed by atoms with van der Waals surface area (Å²) in [4.78, 5) is 30.3. The van der Waals surface area contributed by atoms with Gasteiger partial charge in [-0.2, -0.15) is 4.39 Å². The topological polar surface area (TPSA) is 101 Å². The SMILES string of the molecule is O=C(CSc1nc(-c2ccccc2)c(-c2ccccc2)[nH]1)Nc1ccc(F)c([N+](=O)[O-])c1. The van der Waals surface area contributed by atoms with Gasteiger partial charge in [0.25, 0.3) is 0 Å². The van der Waals surface area contributed by atoms with Gasteiger partial charge in [0, 0.05) is 22.9 Å². The first-order valence-corrected chi connectivity index (χ1v) is 10.6. The molecule has 160 valence electrons. The first-order chi connectivity index (χ1) is 15.5. The molecule has 0 aliphatic carbocycles. The Labute approximate surface area is 186 Å². The van der Waals surface area contributed by atoms with Gasteiger partial charge in [0.15, 0.2) is 5.16 Å². The number of nitro benzene ring substituents is 1. The number of aromatic amines is 1. The third-order valence-corrected chi connectivity index (χ3v) is 5.43. The van der Waals surface area contributed by atoms with Crippen LogP contribution in [0.3, 0.4) is 0 Å². The number of thioether (sulfide) groups is 1. The molecule has 0 saturated carbocycles. The van der Waals surface area contributed by atoms with Gasteiger partial charge in [-0.05, 0) is 12.1 Å². The number of rotatable bonds is 7. The van der Waals surface area contributed by atoms with Crippen LogP contribution in [0.2, 0.25) is 0 Å². The third kappa shape index (κ3) is 4.84. The number of H-pyrrole nitrogens is 1. The van der Waals surface area contributed by atoms with Gasteiger partial charge < -0.3 is 10.3 Å². The largest absolute Gasteiger partial charge is 0.332 e. The maximum Gasteiger partial charge on any atom is 0.306 e. The monoisotopic (exact) mass is 448 g/mol. The molecule has 4 rings (SSSR count). The van der Waals surface area contributed by atoms with E-state index in [-0.39, 0.29) is 11.4 Å². The Bertz CT molecular complexity index is 1210. The molecule has 0 unspecified atom stereocenters. The van der Waals surface area contributed by atoms with E-state index in [1.54, 1.807) is 0 Å². The maximum atomic E-state index is 13.5. The van der Waals surface area contributed by atoms with Crippen molar-refractivity contribution in [3.63, 3.8) is 0 Å². The molecule has 0 atom stereocenters. The van der Waals surface area contributed by atoms with Gasteiger partial charge >= 0.3 is 5.69 Å². The van der Waals surface area contributed by atoms with Crippen LogP contribution in [0.1, 0.15) is 0 Å². The van der Waals surface area contributed by atoms with Crippen molar-refractivity contribution in [1.82, 2.24) is 9.97 Å². The fourth-order valence-corrected chi connectivity index (χ4v) is 3.77. The lowest BCUT2D eigenvalue weighted by Crippen LogP contribution is -2.14. The van der Waals surface area contributed by atoms with Crippen LogP contribution in [0.5, 0.6) is 0 Å². The Morgan fingerprint density at radius 2 is 1.69 bits per heavy atom. The van der Waals surface area contributed by atoms with E-state index >= 15 is 0 Å². The fourth-order valence-electron chi connectivity index (χ4n) is 3.10. The molecule has 0 spiro atoms. The summed E-state index contributed by atoms with van der Waals surface area (Å²) < 4.78 is 13.5. The van der Waals surface area contributed by atoms with Crippen LogP contribution in [-0.2, 0) is 4.79 Å². The molecular formula is C23H17FN4O3S. The minimum Gasteiger partial charge on any atom is -0.332 e. The smallest absolute Gasteiger partial charge is 0.306 e. The number of benzene rings is 3. The first kappa shape index (κ1) is 21.3. The average Bonchev–Trinajstić information content (AvgIpc) is 3.24. The highest BCUT2D eigenvalue weighted by molar-refractivity contribution is 7.99. The zero-order valence-electron chi connectivity index (χ0n) is 16.6. The van der Waals surface area contributed by atoms with Gasteiger partial charge in [-0.25, -0.2) is 4.98 Å². The minimum atomic E-state index is -0.958. The summed E-state index contributed by atoms with van der Waals surface area (Å²) in [6.07, 6.45) is 0. The van der Waals surface area contributed by atoms with Crippen LogP contribution in [0.15, 0.2) is 84.0 Å². The Hall–Kier alpha value is -3.98. The Morgan fingerprint density at radius 3 is 2.34 bits per heavy atom. The Morgan fingerprint density at radius 1 is 1.03 bits per heavy atom. The summed E-state index contributed by atoms with van der Waals surface area (Å²) in [5, 5.41) is 14.0. The van der Waals surface area contributed by atoms with E-state index in [2.05, 4.69) is 15.3 Å². The molecule has 3 aromatic carbocycles. The number of amides is 1. The van der Waals surface area contributed by atoms with Crippen molar-refractivity contribution >= 4 is 29.0 Å². The van der Waals surface area contributed by atoms with Crippen LogP contribution in [-0.4, -0.2) is 26.6 Å². The summed E-state index contributed by atoms with van der Waals surface area (Å²) in [5.41, 5.74) is 2.98. The van der Waals surface area contributed by atoms with Crippen LogP contribution in [0, 0.1) is 15.9 Å². The molecule has 0 saturated heterocycles. The zero-order valence-corrected chi connectivity index (χ0v) is 17.4. The number of aromatic nitrogens is 2. The van der Waals surface area contributed by atoms with Gasteiger partial charge in [0.2, 0.25) is 11.7 Å². The summed E-state index contributed by atoms with van der Waals surface area (Å²) in [6.45, 7) is 0. The van der Waals surface area contributed by atoms with E-state index in [0.29, 0.717) is 5.16 Å². The third-order valence-electron chi connectivity index (χ3n) is 4.56. The van der Waals surface area contributed by atoms with Crippen molar-refractivity contribution in [2.24, 2.45) is 0 Å². The number of hydrogen-bond donors (Lipinski definition) is 2. The van der Waals surface area contributed by atoms with Gasteiger partial charge in [-0.1, -0.05) is 72.4 Å². The highest BCUT2D eigenvalue weighted by atomic mass is 32.2. The molecule has 1 amide bonds. The van der Waals surface area contributed by atoms with E-state index in [0.717, 1.165) is 34.6 Å². The van der Waals surface area contributed by atoms with Crippen LogP contribution >= 0.6 is 11.8 Å². The van der Waals surface area contributed by atoms with Crippen molar-refractivity contribution in [2.75, 3.05) is 11.1 Å². The van der Waals surface area contributed by atoms with Crippen LogP contribution in [0.25, 0.3) is 22.5 Å². The number of carbonyl (C=O) groups is 1. The van der Waals surface area contributed by atoms with E-state index in [4.69, 9.17) is 0 Å². The summed E-state index contributed by atoms with van der Waals surface area (Å²) in [5.74, 6) is -1.34. The van der Waals surface area contributed by atoms with Crippen molar-refractivity contribution < 1.29 is 14.1 Å². The van der Waals surface area contributed by atoms with E-state index in [9.17, 15) is 19.3 Å². The van der Waals surface area contributed by atoms with Crippen molar-refractivity contribution in [1.29, 1.82) is 0 Å². The standard InChI is InChI=1S/C23H17FN4O3S/c24-18-12-11-17(13-19(18)28(30)31)25-20(29)14-32-23-26-21(15-7-3-1-4-8-15)22(27-23)16-9-5-2-6-10-16/h1-13H,14H2,(H,25,29)(H,26,27). The second kappa shape index (κ2) is 9.44. The van der Waals surface area contributed by atoms with Gasteiger partial charge in [-0.15, -0.1) is 0 Å². The zero-order chi connectivity index (χ0) is 22.5. The molecule has 0 bridgehead atoms. The van der Waals surface area contributed by atoms with Crippen molar-refractivity contribution in [2.45, 2.75) is 5.16 Å². The first-order valence-electron chi connectivity index (χ1n) is 9.58. The maximum absolute atomic E-state index is 13.5. The summed E-state index contributed by atoms with van der Waals surface area (Å²) in [6, 6.07) is 22.7. The summed E-state index contributed by atoms with van der Waals surface area (Å²) in [7, 11) is 0. The second-order valence-electron chi connectivity index (χ2n) is 6.76. The van der Waals surface area contributed by atoms with Crippen molar-refractivity contribution in [3.05, 3.63) is 94.8 Å². The number of anilines is 1. The number of imidazole rings is 1. The molecular weight excluding hydrogens is 431 g/mol. The number of nitro groups is 1. The molecule has 1 aromatic heterocycles. The fraction of sp³-hybridized carbons (Fsp3) is 0.0435. The highest BCUT2D eigenvalue weighted by Gasteiger charge is 2.17. The lowest BCUT2D eigenvalue weighted by atomic mass is 10.1. The molecule has 7 nitrogen and oxygen atoms in total. The predicted molar refractivity (Wildman–Crippen MR) is 122 cm³/mol. The van der Waals surface area contributed by atoms with Gasteiger partial charge in [0.05, 0.1) is 22.1 Å². The second-order valence-corrected chi connectivity index (χ2v) is 7.72. The molecule has 0 radical (unpaired) electrons. The van der Waals surface area contributed by atoms with E-state index in [1.807, 2.05) is 60.7 Å². The van der Waals surface area contributed by atoms with Gasteiger partial charge in [-0.3, -0.25) is 14.9 Å².